The van der Waals surface area contributed by atoms with Crippen LogP contribution in [0.1, 0.15) is 16.7 Å². The van der Waals surface area contributed by atoms with E-state index in [1.807, 2.05) is 24.3 Å². The second-order valence-electron chi connectivity index (χ2n) is 7.09. The van der Waals surface area contributed by atoms with E-state index in [-0.39, 0.29) is 30.1 Å². The maximum atomic E-state index is 13.9. The Kier molecular flexibility index (Phi) is 7.93. The molecule has 168 valence electrons. The SMILES string of the molecule is O=C1S/C(=C\c2cc(Br)c(OCc3ccccc3F)c(Br)c2)C(=O)N1Cc1ccc(I)cc1. The van der Waals surface area contributed by atoms with E-state index >= 15 is 0 Å². The van der Waals surface area contributed by atoms with Crippen LogP contribution in [0.2, 0.25) is 0 Å². The van der Waals surface area contributed by atoms with E-state index in [4.69, 9.17) is 4.74 Å². The normalized spacial score (nSPS) is 14.9. The molecule has 2 amide bonds. The van der Waals surface area contributed by atoms with Gasteiger partial charge in [0, 0.05) is 9.13 Å². The number of rotatable bonds is 6. The van der Waals surface area contributed by atoms with Crippen molar-refractivity contribution >= 4 is 83.4 Å². The molecule has 0 N–H and O–H groups in total. The molecular weight excluding hydrogens is 688 g/mol. The van der Waals surface area contributed by atoms with Crippen molar-refractivity contribution in [3.8, 4) is 5.75 Å². The molecule has 0 saturated carbocycles. The standard InChI is InChI=1S/C24H15Br2FINO3S/c25-18-9-15(10-19(26)22(18)32-13-16-3-1-2-4-20(16)27)11-21-23(30)29(24(31)33-21)12-14-5-7-17(28)8-6-14/h1-11H,12-13H2/b21-11-. The molecule has 0 aromatic heterocycles. The summed E-state index contributed by atoms with van der Waals surface area (Å²) < 4.78 is 22.0. The molecule has 0 unspecified atom stereocenters. The zero-order valence-corrected chi connectivity index (χ0v) is 23.0. The average molecular weight is 703 g/mol. The van der Waals surface area contributed by atoms with E-state index in [2.05, 4.69) is 54.5 Å². The van der Waals surface area contributed by atoms with Gasteiger partial charge in [-0.2, -0.15) is 0 Å². The van der Waals surface area contributed by atoms with E-state index in [1.54, 1.807) is 36.4 Å². The highest BCUT2D eigenvalue weighted by molar-refractivity contribution is 14.1. The molecule has 33 heavy (non-hydrogen) atoms. The molecular formula is C24H15Br2FINO3S. The molecule has 1 fully saturated rings. The van der Waals surface area contributed by atoms with Gasteiger partial charge in [-0.3, -0.25) is 14.5 Å². The summed E-state index contributed by atoms with van der Waals surface area (Å²) >= 11 is 10.1. The number of benzene rings is 3. The third-order valence-electron chi connectivity index (χ3n) is 4.78. The van der Waals surface area contributed by atoms with Gasteiger partial charge in [0.2, 0.25) is 0 Å². The van der Waals surface area contributed by atoms with E-state index in [0.29, 0.717) is 30.7 Å². The lowest BCUT2D eigenvalue weighted by molar-refractivity contribution is -0.123. The summed E-state index contributed by atoms with van der Waals surface area (Å²) in [6.07, 6.45) is 1.68. The molecule has 9 heteroatoms. The summed E-state index contributed by atoms with van der Waals surface area (Å²) in [5.74, 6) is -0.139. The van der Waals surface area contributed by atoms with Crippen molar-refractivity contribution in [2.24, 2.45) is 0 Å². The molecule has 4 nitrogen and oxygen atoms in total. The van der Waals surface area contributed by atoms with Gasteiger partial charge in [0.1, 0.15) is 18.2 Å². The zero-order valence-electron chi connectivity index (χ0n) is 16.9. The smallest absolute Gasteiger partial charge is 0.293 e. The Balaban J connectivity index is 1.50. The highest BCUT2D eigenvalue weighted by atomic mass is 127. The lowest BCUT2D eigenvalue weighted by Crippen LogP contribution is -2.27. The Morgan fingerprint density at radius 1 is 1.03 bits per heavy atom. The topological polar surface area (TPSA) is 46.6 Å². The fraction of sp³-hybridized carbons (Fsp3) is 0.0833. The number of carbonyl (C=O) groups excluding carboxylic acids is 2. The Bertz CT molecular complexity index is 1240. The van der Waals surface area contributed by atoms with Crippen molar-refractivity contribution in [3.05, 3.63) is 101 Å². The second-order valence-corrected chi connectivity index (χ2v) is 11.0. The van der Waals surface area contributed by atoms with Crippen LogP contribution < -0.4 is 4.74 Å². The molecule has 1 aliphatic heterocycles. The summed E-state index contributed by atoms with van der Waals surface area (Å²) in [5, 5.41) is -0.298. The molecule has 0 radical (unpaired) electrons. The average Bonchev–Trinajstić information content (AvgIpc) is 3.03. The van der Waals surface area contributed by atoms with Crippen LogP contribution in [-0.2, 0) is 17.9 Å². The number of hydrogen-bond donors (Lipinski definition) is 0. The van der Waals surface area contributed by atoms with E-state index in [1.165, 1.54) is 11.0 Å². The van der Waals surface area contributed by atoms with Crippen LogP contribution in [0.5, 0.6) is 5.75 Å². The van der Waals surface area contributed by atoms with Crippen molar-refractivity contribution in [3.63, 3.8) is 0 Å². The fourth-order valence-corrected chi connectivity index (χ4v) is 5.77. The first-order valence-corrected chi connectivity index (χ1v) is 13.1. The predicted octanol–water partition coefficient (Wildman–Crippen LogP) is 7.77. The monoisotopic (exact) mass is 701 g/mol. The minimum atomic E-state index is -0.331. The third-order valence-corrected chi connectivity index (χ3v) is 7.58. The van der Waals surface area contributed by atoms with Gasteiger partial charge in [-0.25, -0.2) is 4.39 Å². The van der Waals surface area contributed by atoms with Crippen LogP contribution in [0.15, 0.2) is 74.5 Å². The zero-order chi connectivity index (χ0) is 23.5. The van der Waals surface area contributed by atoms with Gasteiger partial charge in [0.05, 0.1) is 20.4 Å². The molecule has 0 spiro atoms. The van der Waals surface area contributed by atoms with Crippen LogP contribution in [0.3, 0.4) is 0 Å². The largest absolute Gasteiger partial charge is 0.486 e. The Labute approximate surface area is 225 Å². The number of halogens is 4. The Morgan fingerprint density at radius 2 is 1.70 bits per heavy atom. The van der Waals surface area contributed by atoms with E-state index in [0.717, 1.165) is 20.9 Å². The number of hydrogen-bond acceptors (Lipinski definition) is 4. The minimum absolute atomic E-state index is 0.0701. The van der Waals surface area contributed by atoms with Gasteiger partial charge in [-0.05, 0) is 114 Å². The van der Waals surface area contributed by atoms with Gasteiger partial charge in [-0.1, -0.05) is 30.3 Å². The van der Waals surface area contributed by atoms with Gasteiger partial charge < -0.3 is 4.74 Å². The molecule has 0 aliphatic carbocycles. The maximum Gasteiger partial charge on any atom is 0.293 e. The summed E-state index contributed by atoms with van der Waals surface area (Å²) in [6.45, 7) is 0.301. The lowest BCUT2D eigenvalue weighted by atomic mass is 10.2. The Hall–Kier alpha value is -1.69. The molecule has 1 heterocycles. The third kappa shape index (κ3) is 5.87. The summed E-state index contributed by atoms with van der Waals surface area (Å²) in [6, 6.07) is 17.7. The molecule has 1 saturated heterocycles. The number of carbonyl (C=O) groups is 2. The van der Waals surface area contributed by atoms with Gasteiger partial charge in [-0.15, -0.1) is 0 Å². The first-order chi connectivity index (χ1) is 15.8. The van der Waals surface area contributed by atoms with Crippen LogP contribution in [0.25, 0.3) is 6.08 Å². The first kappa shape index (κ1) is 24.4. The van der Waals surface area contributed by atoms with Gasteiger partial charge in [0.25, 0.3) is 11.1 Å². The van der Waals surface area contributed by atoms with Crippen molar-refractivity contribution in [2.75, 3.05) is 0 Å². The van der Waals surface area contributed by atoms with E-state index < -0.39 is 0 Å². The number of imide groups is 1. The summed E-state index contributed by atoms with van der Waals surface area (Å²) in [4.78, 5) is 26.9. The number of nitrogens with zero attached hydrogens (tertiary/aromatic N) is 1. The lowest BCUT2D eigenvalue weighted by Gasteiger charge is -2.13. The molecule has 0 bridgehead atoms. The Morgan fingerprint density at radius 3 is 2.36 bits per heavy atom. The molecule has 3 aromatic carbocycles. The molecule has 0 atom stereocenters. The van der Waals surface area contributed by atoms with E-state index in [9.17, 15) is 14.0 Å². The van der Waals surface area contributed by atoms with Crippen molar-refractivity contribution < 1.29 is 18.7 Å². The van der Waals surface area contributed by atoms with Gasteiger partial charge >= 0.3 is 0 Å². The van der Waals surface area contributed by atoms with Crippen LogP contribution in [-0.4, -0.2) is 16.0 Å². The number of thioether (sulfide) groups is 1. The highest BCUT2D eigenvalue weighted by Gasteiger charge is 2.35. The number of ether oxygens (including phenoxy) is 1. The van der Waals surface area contributed by atoms with Crippen LogP contribution in [0, 0.1) is 9.39 Å². The summed E-state index contributed by atoms with van der Waals surface area (Å²) in [7, 11) is 0. The van der Waals surface area contributed by atoms with Crippen LogP contribution in [0.4, 0.5) is 9.18 Å². The fourth-order valence-electron chi connectivity index (χ4n) is 3.13. The predicted molar refractivity (Wildman–Crippen MR) is 143 cm³/mol. The molecule has 4 rings (SSSR count). The number of amides is 2. The molecule has 1 aliphatic rings. The first-order valence-electron chi connectivity index (χ1n) is 9.67. The van der Waals surface area contributed by atoms with Crippen molar-refractivity contribution in [1.82, 2.24) is 4.90 Å². The van der Waals surface area contributed by atoms with Gasteiger partial charge in [0.15, 0.2) is 0 Å². The quantitative estimate of drug-likeness (QED) is 0.195. The molecule has 3 aromatic rings. The highest BCUT2D eigenvalue weighted by Crippen LogP contribution is 2.38. The minimum Gasteiger partial charge on any atom is -0.486 e. The maximum absolute atomic E-state index is 13.9. The van der Waals surface area contributed by atoms with Crippen LogP contribution >= 0.6 is 66.2 Å². The van der Waals surface area contributed by atoms with Crippen molar-refractivity contribution in [2.45, 2.75) is 13.2 Å². The van der Waals surface area contributed by atoms with Crippen molar-refractivity contribution in [1.29, 1.82) is 0 Å². The second kappa shape index (κ2) is 10.7. The summed E-state index contributed by atoms with van der Waals surface area (Å²) in [5.41, 5.74) is 2.05.